The first kappa shape index (κ1) is 22.9. The molecule has 0 aromatic heterocycles. The van der Waals surface area contributed by atoms with E-state index in [1.54, 1.807) is 42.5 Å². The highest BCUT2D eigenvalue weighted by Gasteiger charge is 2.30. The van der Waals surface area contributed by atoms with Gasteiger partial charge in [0, 0.05) is 10.7 Å². The van der Waals surface area contributed by atoms with Crippen molar-refractivity contribution >= 4 is 29.3 Å². The molecule has 0 heterocycles. The summed E-state index contributed by atoms with van der Waals surface area (Å²) in [5, 5.41) is 12.3. The third-order valence-electron chi connectivity index (χ3n) is 4.28. The van der Waals surface area contributed by atoms with Gasteiger partial charge < -0.3 is 10.1 Å². The van der Waals surface area contributed by atoms with Gasteiger partial charge in [-0.05, 0) is 59.7 Å². The molecule has 0 unspecified atom stereocenters. The van der Waals surface area contributed by atoms with Gasteiger partial charge in [-0.15, -0.1) is 0 Å². The summed E-state index contributed by atoms with van der Waals surface area (Å²) in [5.74, 6) is -0.314. The van der Waals surface area contributed by atoms with E-state index in [4.69, 9.17) is 16.3 Å². The van der Waals surface area contributed by atoms with Crippen molar-refractivity contribution in [3.05, 3.63) is 100 Å². The summed E-state index contributed by atoms with van der Waals surface area (Å²) < 4.78 is 44.3. The first-order valence-electron chi connectivity index (χ1n) is 9.32. The van der Waals surface area contributed by atoms with E-state index in [0.29, 0.717) is 16.3 Å². The maximum absolute atomic E-state index is 12.9. The maximum Gasteiger partial charge on any atom is 0.416 e. The summed E-state index contributed by atoms with van der Waals surface area (Å²) in [5.41, 5.74) is 0.155. The van der Waals surface area contributed by atoms with E-state index in [9.17, 15) is 23.2 Å². The summed E-state index contributed by atoms with van der Waals surface area (Å²) in [6.07, 6.45) is -3.21. The second kappa shape index (κ2) is 10.0. The van der Waals surface area contributed by atoms with Gasteiger partial charge in [0.25, 0.3) is 5.91 Å². The standard InChI is InChI=1S/C24H16ClF3N2O2/c25-20-7-1-5-17(11-20)15-32-22-9-2-4-16(12-22)10-18(14-29)23(31)30-21-8-3-6-19(13-21)24(26,27)28/h1-13H,15H2,(H,30,31)/b18-10-. The molecule has 3 rings (SSSR count). The first-order valence-corrected chi connectivity index (χ1v) is 9.70. The third-order valence-corrected chi connectivity index (χ3v) is 4.51. The van der Waals surface area contributed by atoms with E-state index in [2.05, 4.69) is 5.32 Å². The van der Waals surface area contributed by atoms with Crippen molar-refractivity contribution < 1.29 is 22.7 Å². The minimum Gasteiger partial charge on any atom is -0.489 e. The van der Waals surface area contributed by atoms with Crippen LogP contribution in [0.1, 0.15) is 16.7 Å². The van der Waals surface area contributed by atoms with Gasteiger partial charge in [0.05, 0.1) is 5.56 Å². The third kappa shape index (κ3) is 6.37. The number of ether oxygens (including phenoxy) is 1. The van der Waals surface area contributed by atoms with Crippen LogP contribution in [0.5, 0.6) is 5.75 Å². The molecule has 3 aromatic rings. The van der Waals surface area contributed by atoms with Crippen LogP contribution in [0.15, 0.2) is 78.4 Å². The Bertz CT molecular complexity index is 1200. The number of nitrogens with one attached hydrogen (secondary N) is 1. The smallest absolute Gasteiger partial charge is 0.416 e. The number of hydrogen-bond acceptors (Lipinski definition) is 3. The van der Waals surface area contributed by atoms with Gasteiger partial charge >= 0.3 is 6.18 Å². The van der Waals surface area contributed by atoms with Crippen LogP contribution in [-0.4, -0.2) is 5.91 Å². The number of alkyl halides is 3. The molecule has 0 fully saturated rings. The molecule has 0 atom stereocenters. The number of nitriles is 1. The second-order valence-electron chi connectivity index (χ2n) is 6.69. The van der Waals surface area contributed by atoms with Crippen LogP contribution in [0.4, 0.5) is 18.9 Å². The van der Waals surface area contributed by atoms with Crippen molar-refractivity contribution in [1.82, 2.24) is 0 Å². The largest absolute Gasteiger partial charge is 0.489 e. The minimum absolute atomic E-state index is 0.0652. The fraction of sp³-hybridized carbons (Fsp3) is 0.0833. The first-order chi connectivity index (χ1) is 15.2. The highest BCUT2D eigenvalue weighted by atomic mass is 35.5. The lowest BCUT2D eigenvalue weighted by Gasteiger charge is -2.10. The Balaban J connectivity index is 1.72. The number of nitrogens with zero attached hydrogens (tertiary/aromatic N) is 1. The molecule has 0 aliphatic heterocycles. The molecule has 162 valence electrons. The van der Waals surface area contributed by atoms with Gasteiger partial charge in [-0.2, -0.15) is 18.4 Å². The number of amides is 1. The molecule has 0 radical (unpaired) electrons. The Hall–Kier alpha value is -3.76. The van der Waals surface area contributed by atoms with Gasteiger partial charge in [-0.1, -0.05) is 41.9 Å². The van der Waals surface area contributed by atoms with Crippen LogP contribution in [0.2, 0.25) is 5.02 Å². The molecule has 0 bridgehead atoms. The zero-order chi connectivity index (χ0) is 23.1. The van der Waals surface area contributed by atoms with Crippen molar-refractivity contribution in [2.75, 3.05) is 5.32 Å². The minimum atomic E-state index is -4.54. The Morgan fingerprint density at radius 2 is 1.81 bits per heavy atom. The predicted molar refractivity (Wildman–Crippen MR) is 116 cm³/mol. The Morgan fingerprint density at radius 1 is 1.06 bits per heavy atom. The van der Waals surface area contributed by atoms with Crippen molar-refractivity contribution in [3.8, 4) is 11.8 Å². The van der Waals surface area contributed by atoms with E-state index in [0.717, 1.165) is 17.7 Å². The topological polar surface area (TPSA) is 62.1 Å². The summed E-state index contributed by atoms with van der Waals surface area (Å²) >= 11 is 5.96. The van der Waals surface area contributed by atoms with Crippen LogP contribution in [0.3, 0.4) is 0 Å². The number of rotatable bonds is 6. The van der Waals surface area contributed by atoms with Crippen molar-refractivity contribution in [1.29, 1.82) is 5.26 Å². The Labute approximate surface area is 187 Å². The average molecular weight is 457 g/mol. The number of carbonyl (C=O) groups excluding carboxylic acids is 1. The normalized spacial score (nSPS) is 11.5. The Morgan fingerprint density at radius 3 is 2.53 bits per heavy atom. The summed E-state index contributed by atoms with van der Waals surface area (Å²) in [4.78, 5) is 12.4. The number of benzene rings is 3. The molecule has 8 heteroatoms. The van der Waals surface area contributed by atoms with E-state index in [1.165, 1.54) is 18.2 Å². The molecule has 32 heavy (non-hydrogen) atoms. The average Bonchev–Trinajstić information content (AvgIpc) is 2.76. The number of halogens is 4. The predicted octanol–water partition coefficient (Wildman–Crippen LogP) is 6.48. The van der Waals surface area contributed by atoms with Gasteiger partial charge in [0.2, 0.25) is 0 Å². The van der Waals surface area contributed by atoms with Gasteiger partial charge in [-0.25, -0.2) is 0 Å². The van der Waals surface area contributed by atoms with Crippen LogP contribution in [-0.2, 0) is 17.6 Å². The fourth-order valence-electron chi connectivity index (χ4n) is 2.77. The van der Waals surface area contributed by atoms with Crippen LogP contribution >= 0.6 is 11.6 Å². The lowest BCUT2D eigenvalue weighted by molar-refractivity contribution is -0.137. The SMILES string of the molecule is N#C/C(=C/c1cccc(OCc2cccc(Cl)c2)c1)C(=O)Nc1cccc(C(F)(F)F)c1. The van der Waals surface area contributed by atoms with Crippen molar-refractivity contribution in [3.63, 3.8) is 0 Å². The lowest BCUT2D eigenvalue weighted by Crippen LogP contribution is -2.14. The zero-order valence-electron chi connectivity index (χ0n) is 16.5. The Kier molecular flexibility index (Phi) is 7.18. The highest BCUT2D eigenvalue weighted by Crippen LogP contribution is 2.30. The quantitative estimate of drug-likeness (QED) is 0.341. The van der Waals surface area contributed by atoms with Crippen molar-refractivity contribution in [2.24, 2.45) is 0 Å². The second-order valence-corrected chi connectivity index (χ2v) is 7.13. The molecule has 0 spiro atoms. The molecular formula is C24H16ClF3N2O2. The van der Waals surface area contributed by atoms with E-state index in [-0.39, 0.29) is 17.9 Å². The van der Waals surface area contributed by atoms with Crippen molar-refractivity contribution in [2.45, 2.75) is 12.8 Å². The molecule has 4 nitrogen and oxygen atoms in total. The highest BCUT2D eigenvalue weighted by molar-refractivity contribution is 6.30. The molecule has 1 amide bonds. The molecule has 1 N–H and O–H groups in total. The molecule has 0 aliphatic rings. The summed E-state index contributed by atoms with van der Waals surface area (Å²) in [6.45, 7) is 0.273. The zero-order valence-corrected chi connectivity index (χ0v) is 17.2. The maximum atomic E-state index is 12.9. The number of hydrogen-bond donors (Lipinski definition) is 1. The summed E-state index contributed by atoms with van der Waals surface area (Å²) in [7, 11) is 0. The van der Waals surface area contributed by atoms with Gasteiger partial charge in [-0.3, -0.25) is 4.79 Å². The van der Waals surface area contributed by atoms with Gasteiger partial charge in [0.15, 0.2) is 0 Å². The van der Waals surface area contributed by atoms with E-state index >= 15 is 0 Å². The monoisotopic (exact) mass is 456 g/mol. The number of anilines is 1. The van der Waals surface area contributed by atoms with E-state index < -0.39 is 17.6 Å². The fourth-order valence-corrected chi connectivity index (χ4v) is 2.99. The van der Waals surface area contributed by atoms with Crippen LogP contribution < -0.4 is 10.1 Å². The molecule has 3 aromatic carbocycles. The lowest BCUT2D eigenvalue weighted by atomic mass is 10.1. The molecule has 0 aliphatic carbocycles. The molecule has 0 saturated carbocycles. The van der Waals surface area contributed by atoms with Crippen LogP contribution in [0.25, 0.3) is 6.08 Å². The van der Waals surface area contributed by atoms with Crippen LogP contribution in [0, 0.1) is 11.3 Å². The molecule has 0 saturated heterocycles. The number of carbonyl (C=O) groups is 1. The van der Waals surface area contributed by atoms with E-state index in [1.807, 2.05) is 12.1 Å². The summed E-state index contributed by atoms with van der Waals surface area (Å²) in [6, 6.07) is 19.9. The molecular weight excluding hydrogens is 441 g/mol. The van der Waals surface area contributed by atoms with Gasteiger partial charge in [0.1, 0.15) is 24.0 Å².